The van der Waals surface area contributed by atoms with Crippen LogP contribution in [-0.2, 0) is 35.2 Å². The minimum absolute atomic E-state index is 0.109. The Morgan fingerprint density at radius 3 is 1.86 bits per heavy atom. The minimum Gasteiger partial charge on any atom is -0.481 e. The van der Waals surface area contributed by atoms with Gasteiger partial charge in [0.2, 0.25) is 17.7 Å². The number of nitrogens with one attached hydrogen (secondary N) is 3. The fraction of sp³-hybridized carbons (Fsp3) is 0.429. The molecule has 0 fully saturated rings. The van der Waals surface area contributed by atoms with Crippen LogP contribution in [0.15, 0.2) is 30.3 Å². The summed E-state index contributed by atoms with van der Waals surface area (Å²) in [6, 6.07) is 3.03. The Balaban J connectivity index is 2.96. The summed E-state index contributed by atoms with van der Waals surface area (Å²) in [7, 11) is 0. The first-order valence-corrected chi connectivity index (χ1v) is 11.1. The van der Waals surface area contributed by atoms with Crippen LogP contribution in [-0.4, -0.2) is 80.9 Å². The molecule has 3 amide bonds. The standard InChI is InChI=1S/C21H28N4O9S/c22-12(8-11-4-2-1-3-5-11)18(30)24-14(9-17(28)29)20(32)23-13(6-7-16(26)27)19(31)25-15(10-35)21(33)34/h1-5,12-15,35H,6-10,22H2,(H,23,32)(H,24,30)(H,25,31)(H,26,27)(H,28,29)(H,33,34). The minimum atomic E-state index is -1.64. The Hall–Kier alpha value is -3.65. The smallest absolute Gasteiger partial charge is 0.327 e. The number of benzene rings is 1. The van der Waals surface area contributed by atoms with E-state index in [1.807, 2.05) is 0 Å². The number of amides is 3. The quantitative estimate of drug-likeness (QED) is 0.125. The van der Waals surface area contributed by atoms with E-state index >= 15 is 0 Å². The highest BCUT2D eigenvalue weighted by atomic mass is 32.1. The topological polar surface area (TPSA) is 225 Å². The molecule has 192 valence electrons. The zero-order valence-electron chi connectivity index (χ0n) is 18.5. The number of rotatable bonds is 15. The van der Waals surface area contributed by atoms with E-state index in [1.54, 1.807) is 30.3 Å². The number of thiol groups is 1. The lowest BCUT2D eigenvalue weighted by molar-refractivity contribution is -0.143. The molecule has 35 heavy (non-hydrogen) atoms. The number of hydrogen-bond donors (Lipinski definition) is 8. The summed E-state index contributed by atoms with van der Waals surface area (Å²) in [5, 5.41) is 33.7. The first kappa shape index (κ1) is 29.4. The average molecular weight is 513 g/mol. The van der Waals surface area contributed by atoms with Crippen LogP contribution >= 0.6 is 12.6 Å². The molecule has 0 aliphatic rings. The Labute approximate surface area is 205 Å². The van der Waals surface area contributed by atoms with Crippen molar-refractivity contribution in [2.75, 3.05) is 5.75 Å². The fourth-order valence-electron chi connectivity index (χ4n) is 2.89. The summed E-state index contributed by atoms with van der Waals surface area (Å²) in [4.78, 5) is 71.1. The monoisotopic (exact) mass is 512 g/mol. The van der Waals surface area contributed by atoms with Gasteiger partial charge in [-0.2, -0.15) is 12.6 Å². The number of carboxylic acid groups (broad SMARTS) is 3. The maximum atomic E-state index is 12.8. The van der Waals surface area contributed by atoms with Gasteiger partial charge < -0.3 is 37.0 Å². The Morgan fingerprint density at radius 2 is 1.34 bits per heavy atom. The summed E-state index contributed by atoms with van der Waals surface area (Å²) < 4.78 is 0. The van der Waals surface area contributed by atoms with E-state index in [9.17, 15) is 28.8 Å². The van der Waals surface area contributed by atoms with Gasteiger partial charge in [0.1, 0.15) is 18.1 Å². The molecule has 0 saturated carbocycles. The lowest BCUT2D eigenvalue weighted by atomic mass is 10.0. The molecule has 0 saturated heterocycles. The molecule has 4 unspecified atom stereocenters. The molecule has 0 spiro atoms. The van der Waals surface area contributed by atoms with Gasteiger partial charge in [-0.15, -0.1) is 0 Å². The molecule has 0 aromatic heterocycles. The van der Waals surface area contributed by atoms with E-state index < -0.39 is 79.1 Å². The Bertz CT molecular complexity index is 929. The number of carbonyl (C=O) groups is 6. The van der Waals surface area contributed by atoms with Crippen molar-refractivity contribution in [1.29, 1.82) is 0 Å². The highest BCUT2D eigenvalue weighted by Crippen LogP contribution is 2.05. The van der Waals surface area contributed by atoms with Crippen LogP contribution in [0, 0.1) is 0 Å². The molecular formula is C21H28N4O9S. The van der Waals surface area contributed by atoms with Crippen molar-refractivity contribution in [1.82, 2.24) is 16.0 Å². The molecule has 0 bridgehead atoms. The molecule has 0 radical (unpaired) electrons. The van der Waals surface area contributed by atoms with Gasteiger partial charge >= 0.3 is 17.9 Å². The lowest BCUT2D eigenvalue weighted by Gasteiger charge is -2.24. The van der Waals surface area contributed by atoms with Crippen LogP contribution in [0.25, 0.3) is 0 Å². The zero-order valence-corrected chi connectivity index (χ0v) is 19.4. The molecule has 1 aromatic rings. The summed E-state index contributed by atoms with van der Waals surface area (Å²) in [6.07, 6.45) is -1.72. The summed E-state index contributed by atoms with van der Waals surface area (Å²) >= 11 is 3.81. The molecule has 4 atom stereocenters. The van der Waals surface area contributed by atoms with E-state index in [0.717, 1.165) is 5.56 Å². The van der Waals surface area contributed by atoms with Gasteiger partial charge in [-0.25, -0.2) is 4.79 Å². The van der Waals surface area contributed by atoms with Crippen LogP contribution in [0.4, 0.5) is 0 Å². The van der Waals surface area contributed by atoms with Gasteiger partial charge in [-0.3, -0.25) is 24.0 Å². The first-order valence-electron chi connectivity index (χ1n) is 10.4. The highest BCUT2D eigenvalue weighted by molar-refractivity contribution is 7.80. The molecule has 1 rings (SSSR count). The predicted octanol–water partition coefficient (Wildman–Crippen LogP) is -1.64. The van der Waals surface area contributed by atoms with Crippen LogP contribution < -0.4 is 21.7 Å². The van der Waals surface area contributed by atoms with Gasteiger partial charge in [0.15, 0.2) is 0 Å². The second kappa shape index (κ2) is 14.6. The van der Waals surface area contributed by atoms with Crippen molar-refractivity contribution in [3.63, 3.8) is 0 Å². The molecular weight excluding hydrogens is 484 g/mol. The van der Waals surface area contributed by atoms with Crippen molar-refractivity contribution in [3.05, 3.63) is 35.9 Å². The second-order valence-corrected chi connectivity index (χ2v) is 7.90. The Morgan fingerprint density at radius 1 is 0.800 bits per heavy atom. The van der Waals surface area contributed by atoms with Gasteiger partial charge in [0, 0.05) is 12.2 Å². The van der Waals surface area contributed by atoms with Crippen molar-refractivity contribution in [2.45, 2.75) is 49.9 Å². The van der Waals surface area contributed by atoms with Crippen molar-refractivity contribution < 1.29 is 44.1 Å². The first-order chi connectivity index (χ1) is 16.4. The third-order valence-corrected chi connectivity index (χ3v) is 5.09. The summed E-state index contributed by atoms with van der Waals surface area (Å²) in [5.41, 5.74) is 6.61. The predicted molar refractivity (Wildman–Crippen MR) is 125 cm³/mol. The van der Waals surface area contributed by atoms with E-state index in [2.05, 4.69) is 28.6 Å². The molecule has 1 aromatic carbocycles. The number of nitrogens with two attached hydrogens (primary N) is 1. The molecule has 0 heterocycles. The molecule has 14 heteroatoms. The third-order valence-electron chi connectivity index (χ3n) is 4.72. The molecule has 13 nitrogen and oxygen atoms in total. The maximum Gasteiger partial charge on any atom is 0.327 e. The van der Waals surface area contributed by atoms with Crippen LogP contribution in [0.3, 0.4) is 0 Å². The van der Waals surface area contributed by atoms with E-state index in [0.29, 0.717) is 0 Å². The summed E-state index contributed by atoms with van der Waals surface area (Å²) in [6.45, 7) is 0. The fourth-order valence-corrected chi connectivity index (χ4v) is 3.14. The van der Waals surface area contributed by atoms with E-state index in [4.69, 9.17) is 21.1 Å². The van der Waals surface area contributed by atoms with E-state index in [1.165, 1.54) is 0 Å². The third kappa shape index (κ3) is 10.9. The van der Waals surface area contributed by atoms with Crippen LogP contribution in [0.1, 0.15) is 24.8 Å². The largest absolute Gasteiger partial charge is 0.481 e. The van der Waals surface area contributed by atoms with Gasteiger partial charge in [-0.05, 0) is 18.4 Å². The van der Waals surface area contributed by atoms with Crippen molar-refractivity contribution in [3.8, 4) is 0 Å². The zero-order chi connectivity index (χ0) is 26.5. The van der Waals surface area contributed by atoms with Crippen LogP contribution in [0.5, 0.6) is 0 Å². The highest BCUT2D eigenvalue weighted by Gasteiger charge is 2.31. The van der Waals surface area contributed by atoms with E-state index in [-0.39, 0.29) is 12.2 Å². The molecule has 8 N–H and O–H groups in total. The summed E-state index contributed by atoms with van der Waals surface area (Å²) in [5.74, 6) is -7.32. The van der Waals surface area contributed by atoms with Gasteiger partial charge in [-0.1, -0.05) is 30.3 Å². The second-order valence-electron chi connectivity index (χ2n) is 7.53. The molecule has 0 aliphatic carbocycles. The maximum absolute atomic E-state index is 12.8. The number of hydrogen-bond acceptors (Lipinski definition) is 8. The number of aliphatic carboxylic acids is 3. The van der Waals surface area contributed by atoms with Crippen LogP contribution in [0.2, 0.25) is 0 Å². The average Bonchev–Trinajstić information content (AvgIpc) is 2.79. The van der Waals surface area contributed by atoms with Crippen molar-refractivity contribution >= 4 is 48.3 Å². The van der Waals surface area contributed by atoms with Crippen molar-refractivity contribution in [2.24, 2.45) is 5.73 Å². The SMILES string of the molecule is NC(Cc1ccccc1)C(=O)NC(CC(=O)O)C(=O)NC(CCC(=O)O)C(=O)NC(CS)C(=O)O. The number of carbonyl (C=O) groups excluding carboxylic acids is 3. The Kier molecular flexibility index (Phi) is 12.2. The van der Waals surface area contributed by atoms with Gasteiger partial charge in [0.25, 0.3) is 0 Å². The number of carboxylic acids is 3. The van der Waals surface area contributed by atoms with Gasteiger partial charge in [0.05, 0.1) is 12.5 Å². The lowest BCUT2D eigenvalue weighted by Crippen LogP contribution is -2.57. The molecule has 0 aliphatic heterocycles. The normalized spacial score (nSPS) is 14.0.